The standard InChI is InChI=1S/C15H20N2O4/c1-10-9-21-11(2)8-17(10)15(20)16-13(14(18)19)12-6-4-3-5-7-12/h3-7,10-11,13H,8-9H2,1-2H3,(H,16,20)(H,18,19). The fourth-order valence-electron chi connectivity index (χ4n) is 2.33. The third-order valence-electron chi connectivity index (χ3n) is 3.52. The molecule has 3 unspecified atom stereocenters. The van der Waals surface area contributed by atoms with Gasteiger partial charge in [-0.3, -0.25) is 0 Å². The topological polar surface area (TPSA) is 78.9 Å². The summed E-state index contributed by atoms with van der Waals surface area (Å²) in [5.41, 5.74) is 0.548. The predicted octanol–water partition coefficient (Wildman–Crippen LogP) is 1.63. The molecule has 6 nitrogen and oxygen atoms in total. The maximum atomic E-state index is 12.3. The quantitative estimate of drug-likeness (QED) is 0.887. The number of carbonyl (C=O) groups is 2. The van der Waals surface area contributed by atoms with Crippen molar-refractivity contribution in [3.8, 4) is 0 Å². The van der Waals surface area contributed by atoms with Crippen LogP contribution in [0.4, 0.5) is 4.79 Å². The Morgan fingerprint density at radius 3 is 2.62 bits per heavy atom. The number of amides is 2. The molecule has 0 aliphatic carbocycles. The third-order valence-corrected chi connectivity index (χ3v) is 3.52. The number of hydrogen-bond acceptors (Lipinski definition) is 3. The molecule has 1 saturated heterocycles. The second-order valence-corrected chi connectivity index (χ2v) is 5.28. The molecule has 0 bridgehead atoms. The maximum Gasteiger partial charge on any atom is 0.330 e. The van der Waals surface area contributed by atoms with E-state index in [2.05, 4.69) is 5.32 Å². The monoisotopic (exact) mass is 292 g/mol. The number of carboxylic acid groups (broad SMARTS) is 1. The largest absolute Gasteiger partial charge is 0.479 e. The number of hydrogen-bond donors (Lipinski definition) is 2. The molecule has 6 heteroatoms. The highest BCUT2D eigenvalue weighted by Gasteiger charge is 2.30. The van der Waals surface area contributed by atoms with E-state index >= 15 is 0 Å². The lowest BCUT2D eigenvalue weighted by Gasteiger charge is -2.37. The van der Waals surface area contributed by atoms with E-state index < -0.39 is 12.0 Å². The van der Waals surface area contributed by atoms with Crippen molar-refractivity contribution in [2.24, 2.45) is 0 Å². The van der Waals surface area contributed by atoms with Crippen molar-refractivity contribution in [1.82, 2.24) is 10.2 Å². The summed E-state index contributed by atoms with van der Waals surface area (Å²) < 4.78 is 5.47. The lowest BCUT2D eigenvalue weighted by molar-refractivity contribution is -0.139. The van der Waals surface area contributed by atoms with Crippen LogP contribution in [-0.4, -0.2) is 47.3 Å². The number of urea groups is 1. The van der Waals surface area contributed by atoms with Gasteiger partial charge in [-0.2, -0.15) is 0 Å². The first kappa shape index (κ1) is 15.3. The molecular formula is C15H20N2O4. The SMILES string of the molecule is CC1CN(C(=O)NC(C(=O)O)c2ccccc2)C(C)CO1. The summed E-state index contributed by atoms with van der Waals surface area (Å²) in [5.74, 6) is -1.08. The minimum atomic E-state index is -1.08. The Balaban J connectivity index is 2.10. The number of carbonyl (C=O) groups excluding carboxylic acids is 1. The lowest BCUT2D eigenvalue weighted by atomic mass is 10.1. The first-order chi connectivity index (χ1) is 9.99. The molecule has 1 aromatic rings. The van der Waals surface area contributed by atoms with Gasteiger partial charge in [0.05, 0.1) is 18.8 Å². The molecule has 0 spiro atoms. The summed E-state index contributed by atoms with van der Waals surface area (Å²) in [5, 5.41) is 11.9. The fourth-order valence-corrected chi connectivity index (χ4v) is 2.33. The lowest BCUT2D eigenvalue weighted by Crippen LogP contribution is -2.54. The molecule has 3 atom stereocenters. The van der Waals surface area contributed by atoms with Gasteiger partial charge in [0.1, 0.15) is 0 Å². The summed E-state index contributed by atoms with van der Waals surface area (Å²) in [6.45, 7) is 4.67. The Bertz CT molecular complexity index is 506. The van der Waals surface area contributed by atoms with Gasteiger partial charge in [-0.1, -0.05) is 30.3 Å². The first-order valence-electron chi connectivity index (χ1n) is 6.95. The molecule has 0 radical (unpaired) electrons. The smallest absolute Gasteiger partial charge is 0.330 e. The van der Waals surface area contributed by atoms with E-state index in [9.17, 15) is 14.7 Å². The zero-order chi connectivity index (χ0) is 15.4. The van der Waals surface area contributed by atoms with Gasteiger partial charge in [-0.15, -0.1) is 0 Å². The van der Waals surface area contributed by atoms with E-state index in [0.29, 0.717) is 18.7 Å². The van der Waals surface area contributed by atoms with Crippen molar-refractivity contribution in [2.75, 3.05) is 13.2 Å². The molecular weight excluding hydrogens is 272 g/mol. The van der Waals surface area contributed by atoms with Crippen LogP contribution in [0.5, 0.6) is 0 Å². The van der Waals surface area contributed by atoms with Crippen LogP contribution in [0.25, 0.3) is 0 Å². The Morgan fingerprint density at radius 1 is 1.33 bits per heavy atom. The molecule has 2 rings (SSSR count). The van der Waals surface area contributed by atoms with Gasteiger partial charge in [-0.25, -0.2) is 9.59 Å². The van der Waals surface area contributed by atoms with Crippen LogP contribution in [0.2, 0.25) is 0 Å². The maximum absolute atomic E-state index is 12.3. The molecule has 1 aromatic carbocycles. The molecule has 1 aliphatic rings. The number of nitrogens with zero attached hydrogens (tertiary/aromatic N) is 1. The fraction of sp³-hybridized carbons (Fsp3) is 0.467. The predicted molar refractivity (Wildman–Crippen MR) is 76.9 cm³/mol. The van der Waals surface area contributed by atoms with Gasteiger partial charge in [0, 0.05) is 6.54 Å². The summed E-state index contributed by atoms with van der Waals surface area (Å²) in [6.07, 6.45) is -0.0491. The molecule has 2 N–H and O–H groups in total. The molecule has 1 aliphatic heterocycles. The van der Waals surface area contributed by atoms with Crippen LogP contribution >= 0.6 is 0 Å². The van der Waals surface area contributed by atoms with Gasteiger partial charge in [-0.05, 0) is 19.4 Å². The number of nitrogens with one attached hydrogen (secondary N) is 1. The van der Waals surface area contributed by atoms with E-state index in [1.165, 1.54) is 0 Å². The zero-order valence-corrected chi connectivity index (χ0v) is 12.2. The molecule has 1 heterocycles. The van der Waals surface area contributed by atoms with Gasteiger partial charge >= 0.3 is 12.0 Å². The molecule has 1 fully saturated rings. The number of rotatable bonds is 3. The van der Waals surface area contributed by atoms with Crippen molar-refractivity contribution in [3.63, 3.8) is 0 Å². The van der Waals surface area contributed by atoms with Crippen LogP contribution in [-0.2, 0) is 9.53 Å². The summed E-state index contributed by atoms with van der Waals surface area (Å²) in [4.78, 5) is 25.4. The zero-order valence-electron chi connectivity index (χ0n) is 12.2. The van der Waals surface area contributed by atoms with Crippen LogP contribution < -0.4 is 5.32 Å². The second kappa shape index (κ2) is 6.58. The Labute approximate surface area is 123 Å². The molecule has 114 valence electrons. The molecule has 2 amide bonds. The molecule has 0 saturated carbocycles. The van der Waals surface area contributed by atoms with Gasteiger partial charge in [0.25, 0.3) is 0 Å². The summed E-state index contributed by atoms with van der Waals surface area (Å²) >= 11 is 0. The van der Waals surface area contributed by atoms with Crippen molar-refractivity contribution in [2.45, 2.75) is 32.0 Å². The summed E-state index contributed by atoms with van der Waals surface area (Å²) in [7, 11) is 0. The second-order valence-electron chi connectivity index (χ2n) is 5.28. The van der Waals surface area contributed by atoms with E-state index in [1.807, 2.05) is 13.8 Å². The van der Waals surface area contributed by atoms with Crippen molar-refractivity contribution in [3.05, 3.63) is 35.9 Å². The third kappa shape index (κ3) is 3.72. The van der Waals surface area contributed by atoms with E-state index in [0.717, 1.165) is 0 Å². The number of morpholine rings is 1. The van der Waals surface area contributed by atoms with Gasteiger partial charge < -0.3 is 20.1 Å². The number of aliphatic carboxylic acids is 1. The van der Waals surface area contributed by atoms with Crippen LogP contribution in [0.15, 0.2) is 30.3 Å². The van der Waals surface area contributed by atoms with E-state index in [1.54, 1.807) is 35.2 Å². The highest BCUT2D eigenvalue weighted by atomic mass is 16.5. The van der Waals surface area contributed by atoms with E-state index in [4.69, 9.17) is 4.74 Å². The average molecular weight is 292 g/mol. The van der Waals surface area contributed by atoms with Crippen LogP contribution in [0.1, 0.15) is 25.5 Å². The molecule has 0 aromatic heterocycles. The minimum Gasteiger partial charge on any atom is -0.479 e. The van der Waals surface area contributed by atoms with Gasteiger partial charge in [0.15, 0.2) is 6.04 Å². The Kier molecular flexibility index (Phi) is 4.80. The number of benzene rings is 1. The minimum absolute atomic E-state index is 0.0491. The van der Waals surface area contributed by atoms with Gasteiger partial charge in [0.2, 0.25) is 0 Å². The van der Waals surface area contributed by atoms with Crippen LogP contribution in [0.3, 0.4) is 0 Å². The summed E-state index contributed by atoms with van der Waals surface area (Å²) in [6, 6.07) is 7.16. The number of carboxylic acids is 1. The Morgan fingerprint density at radius 2 is 2.00 bits per heavy atom. The highest BCUT2D eigenvalue weighted by Crippen LogP contribution is 2.16. The van der Waals surface area contributed by atoms with Crippen LogP contribution in [0, 0.1) is 0 Å². The average Bonchev–Trinajstić information content (AvgIpc) is 2.47. The van der Waals surface area contributed by atoms with Crippen molar-refractivity contribution >= 4 is 12.0 Å². The number of ether oxygens (including phenoxy) is 1. The normalized spacial score (nSPS) is 23.4. The highest BCUT2D eigenvalue weighted by molar-refractivity contribution is 5.83. The van der Waals surface area contributed by atoms with Crippen molar-refractivity contribution < 1.29 is 19.4 Å². The van der Waals surface area contributed by atoms with E-state index in [-0.39, 0.29) is 18.2 Å². The molecule has 21 heavy (non-hydrogen) atoms. The first-order valence-corrected chi connectivity index (χ1v) is 6.95. The Hall–Kier alpha value is -2.08. The van der Waals surface area contributed by atoms with Crippen molar-refractivity contribution in [1.29, 1.82) is 0 Å².